The fourth-order valence-electron chi connectivity index (χ4n) is 3.46. The Hall–Kier alpha value is -1.78. The van der Waals surface area contributed by atoms with Gasteiger partial charge in [0.1, 0.15) is 5.82 Å². The molecule has 1 fully saturated rings. The standard InChI is InChI=1S/C19H19Cl2FN2O/c1-11-6-12(7-13-4-2-3-5-17(13)22)10-24(19(11)25)18-15(20)8-14(23)9-16(18)21/h2-5,8-9,11-12H,6-7,10,23H2,1H3/t11-,12-/m1/s1. The first-order valence-electron chi connectivity index (χ1n) is 8.16. The first kappa shape index (κ1) is 18.0. The van der Waals surface area contributed by atoms with Crippen LogP contribution in [0.15, 0.2) is 36.4 Å². The maximum Gasteiger partial charge on any atom is 0.229 e. The zero-order valence-electron chi connectivity index (χ0n) is 13.8. The molecule has 25 heavy (non-hydrogen) atoms. The van der Waals surface area contributed by atoms with Crippen molar-refractivity contribution in [2.45, 2.75) is 19.8 Å². The van der Waals surface area contributed by atoms with Gasteiger partial charge in [-0.2, -0.15) is 0 Å². The van der Waals surface area contributed by atoms with Crippen molar-refractivity contribution in [2.75, 3.05) is 17.2 Å². The van der Waals surface area contributed by atoms with Crippen LogP contribution in [0.5, 0.6) is 0 Å². The summed E-state index contributed by atoms with van der Waals surface area (Å²) in [7, 11) is 0. The zero-order chi connectivity index (χ0) is 18.1. The summed E-state index contributed by atoms with van der Waals surface area (Å²) in [5.41, 5.74) is 7.33. The Kier molecular flexibility index (Phi) is 5.21. The molecule has 0 saturated carbocycles. The SMILES string of the molecule is C[C@@H]1C[C@H](Cc2ccccc2F)CN(c2c(Cl)cc(N)cc2Cl)C1=O. The maximum atomic E-state index is 14.0. The van der Waals surface area contributed by atoms with Crippen molar-refractivity contribution in [3.63, 3.8) is 0 Å². The summed E-state index contributed by atoms with van der Waals surface area (Å²) in [6, 6.07) is 9.90. The summed E-state index contributed by atoms with van der Waals surface area (Å²) in [5, 5.41) is 0.689. The topological polar surface area (TPSA) is 46.3 Å². The molecule has 0 aliphatic carbocycles. The molecule has 2 atom stereocenters. The minimum absolute atomic E-state index is 0.0293. The molecule has 1 aliphatic heterocycles. The van der Waals surface area contributed by atoms with Crippen molar-refractivity contribution in [3.05, 3.63) is 57.8 Å². The molecule has 132 valence electrons. The van der Waals surface area contributed by atoms with Crippen LogP contribution in [-0.4, -0.2) is 12.5 Å². The van der Waals surface area contributed by atoms with Gasteiger partial charge < -0.3 is 10.6 Å². The van der Waals surface area contributed by atoms with Gasteiger partial charge in [-0.15, -0.1) is 0 Å². The summed E-state index contributed by atoms with van der Waals surface area (Å²) < 4.78 is 14.0. The number of benzene rings is 2. The normalized spacial score (nSPS) is 20.8. The van der Waals surface area contributed by atoms with Crippen LogP contribution < -0.4 is 10.6 Å². The number of carbonyl (C=O) groups is 1. The predicted octanol–water partition coefficient (Wildman–Crippen LogP) is 4.95. The molecule has 3 nitrogen and oxygen atoms in total. The Morgan fingerprint density at radius 3 is 2.52 bits per heavy atom. The lowest BCUT2D eigenvalue weighted by Crippen LogP contribution is -2.45. The smallest absolute Gasteiger partial charge is 0.229 e. The Balaban J connectivity index is 1.90. The number of piperidine rings is 1. The highest BCUT2D eigenvalue weighted by Gasteiger charge is 2.34. The fraction of sp³-hybridized carbons (Fsp3) is 0.316. The van der Waals surface area contributed by atoms with Crippen LogP contribution in [0.4, 0.5) is 15.8 Å². The molecule has 0 unspecified atom stereocenters. The average molecular weight is 381 g/mol. The van der Waals surface area contributed by atoms with Crippen LogP contribution >= 0.6 is 23.2 Å². The van der Waals surface area contributed by atoms with Crippen molar-refractivity contribution in [2.24, 2.45) is 11.8 Å². The third-order valence-corrected chi connectivity index (χ3v) is 5.17. The number of carbonyl (C=O) groups excluding carboxylic acids is 1. The quantitative estimate of drug-likeness (QED) is 0.765. The number of amides is 1. The molecule has 0 bridgehead atoms. The second-order valence-corrected chi connectivity index (χ2v) is 7.39. The van der Waals surface area contributed by atoms with E-state index in [2.05, 4.69) is 0 Å². The lowest BCUT2D eigenvalue weighted by atomic mass is 9.85. The van der Waals surface area contributed by atoms with Crippen molar-refractivity contribution in [1.82, 2.24) is 0 Å². The van der Waals surface area contributed by atoms with Crippen molar-refractivity contribution >= 4 is 40.5 Å². The number of hydrogen-bond donors (Lipinski definition) is 1. The van der Waals surface area contributed by atoms with E-state index in [0.717, 1.165) is 0 Å². The van der Waals surface area contributed by atoms with Gasteiger partial charge in [0.05, 0.1) is 15.7 Å². The third-order valence-electron chi connectivity index (χ3n) is 4.59. The van der Waals surface area contributed by atoms with Crippen molar-refractivity contribution in [1.29, 1.82) is 0 Å². The van der Waals surface area contributed by atoms with Crippen LogP contribution in [0.1, 0.15) is 18.9 Å². The summed E-state index contributed by atoms with van der Waals surface area (Å²) >= 11 is 12.6. The molecular formula is C19H19Cl2FN2O. The lowest BCUT2D eigenvalue weighted by molar-refractivity contribution is -0.124. The minimum Gasteiger partial charge on any atom is -0.399 e. The number of anilines is 2. The molecule has 2 aromatic carbocycles. The molecule has 0 radical (unpaired) electrons. The molecule has 1 aliphatic rings. The van der Waals surface area contributed by atoms with Crippen molar-refractivity contribution in [3.8, 4) is 0 Å². The molecule has 3 rings (SSSR count). The summed E-state index contributed by atoms with van der Waals surface area (Å²) in [4.78, 5) is 14.3. The Morgan fingerprint density at radius 1 is 1.24 bits per heavy atom. The first-order chi connectivity index (χ1) is 11.9. The highest BCUT2D eigenvalue weighted by Crippen LogP contribution is 2.39. The highest BCUT2D eigenvalue weighted by molar-refractivity contribution is 6.40. The zero-order valence-corrected chi connectivity index (χ0v) is 15.3. The maximum absolute atomic E-state index is 14.0. The van der Waals surface area contributed by atoms with Gasteiger partial charge in [0.15, 0.2) is 0 Å². The molecule has 2 aromatic rings. The molecule has 2 N–H and O–H groups in total. The first-order valence-corrected chi connectivity index (χ1v) is 8.91. The largest absolute Gasteiger partial charge is 0.399 e. The number of nitrogens with zero attached hydrogens (tertiary/aromatic N) is 1. The van der Waals surface area contributed by atoms with Crippen LogP contribution in [-0.2, 0) is 11.2 Å². The molecule has 1 heterocycles. The van der Waals surface area contributed by atoms with E-state index in [1.165, 1.54) is 6.07 Å². The van der Waals surface area contributed by atoms with Gasteiger partial charge in [-0.3, -0.25) is 4.79 Å². The number of hydrogen-bond acceptors (Lipinski definition) is 2. The van der Waals surface area contributed by atoms with E-state index >= 15 is 0 Å². The average Bonchev–Trinajstić information content (AvgIpc) is 2.53. The van der Waals surface area contributed by atoms with Crippen LogP contribution in [0.2, 0.25) is 10.0 Å². The second-order valence-electron chi connectivity index (χ2n) is 6.58. The third kappa shape index (κ3) is 3.75. The summed E-state index contributed by atoms with van der Waals surface area (Å²) in [5.74, 6) is -0.315. The van der Waals surface area contributed by atoms with E-state index in [-0.39, 0.29) is 23.6 Å². The number of nitrogen functional groups attached to an aromatic ring is 1. The van der Waals surface area contributed by atoms with E-state index in [0.29, 0.717) is 46.4 Å². The summed E-state index contributed by atoms with van der Waals surface area (Å²) in [6.07, 6.45) is 1.26. The molecule has 1 amide bonds. The van der Waals surface area contributed by atoms with Gasteiger partial charge in [0.2, 0.25) is 5.91 Å². The van der Waals surface area contributed by atoms with E-state index < -0.39 is 0 Å². The molecule has 6 heteroatoms. The van der Waals surface area contributed by atoms with Crippen LogP contribution in [0.25, 0.3) is 0 Å². The van der Waals surface area contributed by atoms with Gasteiger partial charge >= 0.3 is 0 Å². The highest BCUT2D eigenvalue weighted by atomic mass is 35.5. The van der Waals surface area contributed by atoms with Gasteiger partial charge in [0, 0.05) is 18.2 Å². The Morgan fingerprint density at radius 2 is 1.88 bits per heavy atom. The van der Waals surface area contributed by atoms with Crippen LogP contribution in [0.3, 0.4) is 0 Å². The molecular weight excluding hydrogens is 362 g/mol. The minimum atomic E-state index is -0.220. The Labute approximate surface area is 156 Å². The number of rotatable bonds is 3. The van der Waals surface area contributed by atoms with Gasteiger partial charge in [-0.05, 0) is 42.5 Å². The van der Waals surface area contributed by atoms with Crippen LogP contribution in [0, 0.1) is 17.7 Å². The van der Waals surface area contributed by atoms with Crippen molar-refractivity contribution < 1.29 is 9.18 Å². The Bertz CT molecular complexity index is 789. The van der Waals surface area contributed by atoms with E-state index in [9.17, 15) is 9.18 Å². The second kappa shape index (κ2) is 7.22. The van der Waals surface area contributed by atoms with Gasteiger partial charge in [-0.1, -0.05) is 48.3 Å². The van der Waals surface area contributed by atoms with E-state index in [4.69, 9.17) is 28.9 Å². The fourth-order valence-corrected chi connectivity index (χ4v) is 4.16. The number of halogens is 3. The van der Waals surface area contributed by atoms with E-state index in [1.54, 1.807) is 29.2 Å². The molecule has 0 spiro atoms. The van der Waals surface area contributed by atoms with E-state index in [1.807, 2.05) is 13.0 Å². The molecule has 1 saturated heterocycles. The lowest BCUT2D eigenvalue weighted by Gasteiger charge is -2.37. The monoisotopic (exact) mass is 380 g/mol. The predicted molar refractivity (Wildman–Crippen MR) is 101 cm³/mol. The molecule has 0 aromatic heterocycles. The summed E-state index contributed by atoms with van der Waals surface area (Å²) in [6.45, 7) is 2.32. The van der Waals surface area contributed by atoms with Gasteiger partial charge in [-0.25, -0.2) is 4.39 Å². The number of nitrogens with two attached hydrogens (primary N) is 1. The van der Waals surface area contributed by atoms with Gasteiger partial charge in [0.25, 0.3) is 0 Å².